The second kappa shape index (κ2) is 9.82. The van der Waals surface area contributed by atoms with Crippen molar-refractivity contribution in [1.29, 1.82) is 0 Å². The number of hydrogen-bond acceptors (Lipinski definition) is 4. The number of carboxylic acids is 1. The SMILES string of the molecule is CC(=O)Nc1ccc(-c2cnc3n2CCN(C(=O)C2(F)CCC2)CC3)cc1.O=C(O)C(F)(F)F. The fourth-order valence-corrected chi connectivity index (χ4v) is 3.78. The lowest BCUT2D eigenvalue weighted by molar-refractivity contribution is -0.192. The molecular weight excluding hydrogens is 460 g/mol. The summed E-state index contributed by atoms with van der Waals surface area (Å²) in [6, 6.07) is 7.59. The number of aromatic nitrogens is 2. The van der Waals surface area contributed by atoms with Gasteiger partial charge in [0.25, 0.3) is 5.91 Å². The first-order valence-corrected chi connectivity index (χ1v) is 10.6. The molecule has 0 spiro atoms. The van der Waals surface area contributed by atoms with E-state index in [0.717, 1.165) is 29.2 Å². The molecule has 0 radical (unpaired) electrons. The van der Waals surface area contributed by atoms with E-state index in [-0.39, 0.29) is 11.8 Å². The van der Waals surface area contributed by atoms with Crippen molar-refractivity contribution in [1.82, 2.24) is 14.5 Å². The number of benzene rings is 1. The van der Waals surface area contributed by atoms with Crippen LogP contribution < -0.4 is 5.32 Å². The maximum absolute atomic E-state index is 14.5. The second-order valence-electron chi connectivity index (χ2n) is 8.13. The minimum absolute atomic E-state index is 0.108. The van der Waals surface area contributed by atoms with Crippen LogP contribution in [0.4, 0.5) is 23.2 Å². The first-order valence-electron chi connectivity index (χ1n) is 10.6. The van der Waals surface area contributed by atoms with E-state index in [4.69, 9.17) is 9.90 Å². The fourth-order valence-electron chi connectivity index (χ4n) is 3.78. The van der Waals surface area contributed by atoms with E-state index < -0.39 is 17.8 Å². The fraction of sp³-hybridized carbons (Fsp3) is 0.455. The molecule has 2 aromatic rings. The molecular formula is C22H24F4N4O4. The van der Waals surface area contributed by atoms with Crippen LogP contribution in [-0.2, 0) is 27.3 Å². The van der Waals surface area contributed by atoms with Crippen LogP contribution in [0, 0.1) is 0 Å². The molecule has 0 bridgehead atoms. The Kier molecular flexibility index (Phi) is 7.27. The molecule has 184 valence electrons. The van der Waals surface area contributed by atoms with Gasteiger partial charge in [-0.25, -0.2) is 14.2 Å². The van der Waals surface area contributed by atoms with E-state index in [1.54, 1.807) is 4.90 Å². The van der Waals surface area contributed by atoms with Crippen molar-refractivity contribution in [2.24, 2.45) is 0 Å². The molecule has 2 aliphatic rings. The molecule has 1 aromatic heterocycles. The summed E-state index contributed by atoms with van der Waals surface area (Å²) in [4.78, 5) is 38.7. The smallest absolute Gasteiger partial charge is 0.475 e. The van der Waals surface area contributed by atoms with E-state index in [1.807, 2.05) is 30.5 Å². The van der Waals surface area contributed by atoms with E-state index >= 15 is 0 Å². The largest absolute Gasteiger partial charge is 0.490 e. The van der Waals surface area contributed by atoms with Gasteiger partial charge in [-0.2, -0.15) is 13.2 Å². The highest BCUT2D eigenvalue weighted by Crippen LogP contribution is 2.37. The molecule has 2 heterocycles. The minimum Gasteiger partial charge on any atom is -0.475 e. The number of hydrogen-bond donors (Lipinski definition) is 2. The Bertz CT molecular complexity index is 1060. The number of fused-ring (bicyclic) bond motifs is 1. The quantitative estimate of drug-likeness (QED) is 0.650. The molecule has 1 aliphatic carbocycles. The van der Waals surface area contributed by atoms with Crippen LogP contribution in [0.3, 0.4) is 0 Å². The summed E-state index contributed by atoms with van der Waals surface area (Å²) >= 11 is 0. The van der Waals surface area contributed by atoms with E-state index in [9.17, 15) is 27.2 Å². The first kappa shape index (κ1) is 25.2. The zero-order chi connectivity index (χ0) is 25.1. The van der Waals surface area contributed by atoms with Gasteiger partial charge in [0.1, 0.15) is 5.82 Å². The van der Waals surface area contributed by atoms with Gasteiger partial charge in [0, 0.05) is 38.7 Å². The zero-order valence-electron chi connectivity index (χ0n) is 18.4. The number of anilines is 1. The Morgan fingerprint density at radius 2 is 1.71 bits per heavy atom. The molecule has 12 heteroatoms. The topological polar surface area (TPSA) is 105 Å². The number of carbonyl (C=O) groups is 3. The predicted molar refractivity (Wildman–Crippen MR) is 114 cm³/mol. The lowest BCUT2D eigenvalue weighted by atomic mass is 9.81. The van der Waals surface area contributed by atoms with Gasteiger partial charge >= 0.3 is 12.1 Å². The monoisotopic (exact) mass is 484 g/mol. The molecule has 8 nitrogen and oxygen atoms in total. The molecule has 1 fully saturated rings. The van der Waals surface area contributed by atoms with Gasteiger partial charge in [0.2, 0.25) is 5.91 Å². The van der Waals surface area contributed by atoms with Crippen molar-refractivity contribution in [3.63, 3.8) is 0 Å². The number of carboxylic acid groups (broad SMARTS) is 1. The number of aliphatic carboxylic acids is 1. The summed E-state index contributed by atoms with van der Waals surface area (Å²) in [5.41, 5.74) is 1.05. The third-order valence-electron chi connectivity index (χ3n) is 5.70. The molecule has 0 unspecified atom stereocenters. The summed E-state index contributed by atoms with van der Waals surface area (Å²) in [5, 5.41) is 9.88. The maximum Gasteiger partial charge on any atom is 0.490 e. The first-order chi connectivity index (χ1) is 15.9. The molecule has 0 atom stereocenters. The van der Waals surface area contributed by atoms with Crippen LogP contribution >= 0.6 is 0 Å². The van der Waals surface area contributed by atoms with Gasteiger partial charge in [-0.1, -0.05) is 12.1 Å². The van der Waals surface area contributed by atoms with Gasteiger partial charge in [0.15, 0.2) is 5.67 Å². The van der Waals surface area contributed by atoms with Crippen molar-refractivity contribution in [3.8, 4) is 11.3 Å². The highest BCUT2D eigenvalue weighted by Gasteiger charge is 2.47. The van der Waals surface area contributed by atoms with E-state index in [1.165, 1.54) is 6.92 Å². The number of carbonyl (C=O) groups excluding carboxylic acids is 2. The molecule has 2 N–H and O–H groups in total. The standard InChI is InChI=1S/C20H23FN4O2.C2HF3O2/c1-14(26)23-16-5-3-15(4-6-16)17-13-22-18-7-10-24(11-12-25(17)18)19(27)20(21)8-2-9-20;3-2(4,5)1(6)7/h3-6,13H,2,7-12H2,1H3,(H,23,26);(H,6,7). The molecule has 0 saturated heterocycles. The predicted octanol–water partition coefficient (Wildman–Crippen LogP) is 3.42. The van der Waals surface area contributed by atoms with Crippen LogP contribution in [0.25, 0.3) is 11.3 Å². The Hall–Kier alpha value is -3.44. The lowest BCUT2D eigenvalue weighted by Gasteiger charge is -2.36. The molecule has 1 aliphatic heterocycles. The van der Waals surface area contributed by atoms with Gasteiger partial charge in [0.05, 0.1) is 11.9 Å². The number of nitrogens with one attached hydrogen (secondary N) is 1. The van der Waals surface area contributed by atoms with Gasteiger partial charge in [-0.05, 0) is 37.0 Å². The lowest BCUT2D eigenvalue weighted by Crippen LogP contribution is -2.51. The maximum atomic E-state index is 14.5. The Morgan fingerprint density at radius 1 is 1.09 bits per heavy atom. The Labute approximate surface area is 192 Å². The van der Waals surface area contributed by atoms with Crippen molar-refractivity contribution < 1.29 is 37.1 Å². The highest BCUT2D eigenvalue weighted by molar-refractivity contribution is 5.89. The van der Waals surface area contributed by atoms with Crippen molar-refractivity contribution >= 4 is 23.5 Å². The number of nitrogens with zero attached hydrogens (tertiary/aromatic N) is 3. The second-order valence-corrected chi connectivity index (χ2v) is 8.13. The summed E-state index contributed by atoms with van der Waals surface area (Å²) in [6.07, 6.45) is -1.15. The van der Waals surface area contributed by atoms with Crippen molar-refractivity contribution in [3.05, 3.63) is 36.3 Å². The number of alkyl halides is 4. The molecule has 1 aromatic carbocycles. The molecule has 4 rings (SSSR count). The molecule has 34 heavy (non-hydrogen) atoms. The highest BCUT2D eigenvalue weighted by atomic mass is 19.4. The zero-order valence-corrected chi connectivity index (χ0v) is 18.4. The van der Waals surface area contributed by atoms with Crippen LogP contribution in [0.1, 0.15) is 32.0 Å². The van der Waals surface area contributed by atoms with E-state index in [0.29, 0.717) is 38.9 Å². The normalized spacial score (nSPS) is 16.8. The van der Waals surface area contributed by atoms with Gasteiger partial charge in [-0.3, -0.25) is 9.59 Å². The molecule has 1 saturated carbocycles. The average molecular weight is 484 g/mol. The van der Waals surface area contributed by atoms with Crippen molar-refractivity contribution in [2.45, 2.75) is 51.0 Å². The van der Waals surface area contributed by atoms with Gasteiger partial charge in [-0.15, -0.1) is 0 Å². The van der Waals surface area contributed by atoms with Crippen LogP contribution in [-0.4, -0.2) is 62.3 Å². The average Bonchev–Trinajstić information content (AvgIpc) is 3.02. The van der Waals surface area contributed by atoms with Crippen LogP contribution in [0.5, 0.6) is 0 Å². The minimum atomic E-state index is -5.08. The number of halogens is 4. The van der Waals surface area contributed by atoms with Gasteiger partial charge < -0.3 is 19.9 Å². The number of imidazole rings is 1. The third kappa shape index (κ3) is 5.72. The summed E-state index contributed by atoms with van der Waals surface area (Å²) in [6.45, 7) is 3.07. The van der Waals surface area contributed by atoms with E-state index in [2.05, 4.69) is 14.9 Å². The van der Waals surface area contributed by atoms with Crippen LogP contribution in [0.15, 0.2) is 30.5 Å². The van der Waals surface area contributed by atoms with Crippen LogP contribution in [0.2, 0.25) is 0 Å². The van der Waals surface area contributed by atoms with Crippen molar-refractivity contribution in [2.75, 3.05) is 18.4 Å². The Balaban J connectivity index is 0.000000406. The molecule has 2 amide bonds. The number of amides is 2. The summed E-state index contributed by atoms with van der Waals surface area (Å²) in [5.74, 6) is -2.32. The number of rotatable bonds is 3. The summed E-state index contributed by atoms with van der Waals surface area (Å²) < 4.78 is 48.3. The third-order valence-corrected chi connectivity index (χ3v) is 5.70. The Morgan fingerprint density at radius 3 is 2.21 bits per heavy atom. The summed E-state index contributed by atoms with van der Waals surface area (Å²) in [7, 11) is 0.